The lowest BCUT2D eigenvalue weighted by Crippen LogP contribution is -2.20. The van der Waals surface area contributed by atoms with Crippen molar-refractivity contribution in [3.63, 3.8) is 0 Å². The largest absolute Gasteiger partial charge is 0.482 e. The van der Waals surface area contributed by atoms with Crippen LogP contribution in [-0.2, 0) is 0 Å². The van der Waals surface area contributed by atoms with E-state index in [9.17, 15) is 10.1 Å². The van der Waals surface area contributed by atoms with Crippen molar-refractivity contribution in [2.75, 3.05) is 13.1 Å². The highest BCUT2D eigenvalue weighted by Gasteiger charge is 2.23. The maximum atomic E-state index is 11.1. The van der Waals surface area contributed by atoms with E-state index in [1.807, 2.05) is 6.92 Å². The minimum Gasteiger partial charge on any atom is -0.482 e. The van der Waals surface area contributed by atoms with Crippen LogP contribution in [0.25, 0.3) is 10.2 Å². The quantitative estimate of drug-likeness (QED) is 0.688. The molecule has 1 atom stereocenters. The second-order valence-electron chi connectivity index (χ2n) is 4.51. The molecule has 0 bridgehead atoms. The van der Waals surface area contributed by atoms with Gasteiger partial charge >= 0.3 is 5.69 Å². The Balaban J connectivity index is 2.03. The minimum absolute atomic E-state index is 0.00381. The van der Waals surface area contributed by atoms with Crippen molar-refractivity contribution in [3.8, 4) is 5.75 Å². The molecule has 0 aliphatic carbocycles. The van der Waals surface area contributed by atoms with Crippen molar-refractivity contribution in [3.05, 3.63) is 27.3 Å². The van der Waals surface area contributed by atoms with E-state index in [0.29, 0.717) is 5.75 Å². The summed E-state index contributed by atoms with van der Waals surface area (Å²) in [4.78, 5) is 15.1. The average molecular weight is 279 g/mol. The topological polar surface area (TPSA) is 77.3 Å². The molecule has 1 saturated heterocycles. The maximum absolute atomic E-state index is 11.1. The summed E-state index contributed by atoms with van der Waals surface area (Å²) in [5, 5.41) is 15.2. The van der Waals surface area contributed by atoms with Crippen molar-refractivity contribution < 1.29 is 9.66 Å². The normalized spacial score (nSPS) is 18.9. The van der Waals surface area contributed by atoms with Crippen LogP contribution in [0.4, 0.5) is 5.69 Å². The highest BCUT2D eigenvalue weighted by Crippen LogP contribution is 2.35. The number of aryl methyl sites for hydroxylation is 1. The van der Waals surface area contributed by atoms with E-state index in [-0.39, 0.29) is 11.8 Å². The Hall–Kier alpha value is -1.73. The first-order valence-corrected chi connectivity index (χ1v) is 6.88. The number of thiazole rings is 1. The number of hydrogen-bond acceptors (Lipinski definition) is 6. The van der Waals surface area contributed by atoms with Gasteiger partial charge in [-0.3, -0.25) is 10.1 Å². The predicted molar refractivity (Wildman–Crippen MR) is 72.9 cm³/mol. The Morgan fingerprint density at radius 2 is 2.42 bits per heavy atom. The summed E-state index contributed by atoms with van der Waals surface area (Å²) in [6.45, 7) is 3.50. The lowest BCUT2D eigenvalue weighted by Gasteiger charge is -2.12. The summed E-state index contributed by atoms with van der Waals surface area (Å²) in [6.07, 6.45) is 0.863. The van der Waals surface area contributed by atoms with Gasteiger partial charge in [0.15, 0.2) is 5.75 Å². The van der Waals surface area contributed by atoms with Gasteiger partial charge < -0.3 is 10.1 Å². The molecule has 0 spiro atoms. The van der Waals surface area contributed by atoms with E-state index in [1.165, 1.54) is 11.3 Å². The van der Waals surface area contributed by atoms with Gasteiger partial charge in [-0.2, -0.15) is 0 Å². The second-order valence-corrected chi connectivity index (χ2v) is 5.75. The fourth-order valence-corrected chi connectivity index (χ4v) is 3.05. The molecule has 7 heteroatoms. The molecule has 19 heavy (non-hydrogen) atoms. The van der Waals surface area contributed by atoms with Crippen LogP contribution in [-0.4, -0.2) is 29.1 Å². The van der Waals surface area contributed by atoms with Gasteiger partial charge in [0.05, 0.1) is 20.1 Å². The lowest BCUT2D eigenvalue weighted by atomic mass is 10.2. The van der Waals surface area contributed by atoms with Gasteiger partial charge in [0.25, 0.3) is 0 Å². The molecular formula is C12H13N3O3S. The summed E-state index contributed by atoms with van der Waals surface area (Å²) in [5.74, 6) is 0.316. The fraction of sp³-hybridized carbons (Fsp3) is 0.417. The number of nitro benzene ring substituents is 1. The number of benzene rings is 1. The number of nitrogens with one attached hydrogen (secondary N) is 1. The van der Waals surface area contributed by atoms with Gasteiger partial charge in [0.2, 0.25) is 0 Å². The highest BCUT2D eigenvalue weighted by molar-refractivity contribution is 7.18. The summed E-state index contributed by atoms with van der Waals surface area (Å²) in [7, 11) is 0. The molecule has 3 rings (SSSR count). The third-order valence-corrected chi connectivity index (χ3v) is 4.02. The Morgan fingerprint density at radius 3 is 3.11 bits per heavy atom. The van der Waals surface area contributed by atoms with Gasteiger partial charge in [0, 0.05) is 18.7 Å². The first-order valence-electron chi connectivity index (χ1n) is 6.06. The Morgan fingerprint density at radius 1 is 1.58 bits per heavy atom. The first-order chi connectivity index (χ1) is 9.13. The van der Waals surface area contributed by atoms with Crippen molar-refractivity contribution in [2.45, 2.75) is 19.4 Å². The zero-order valence-corrected chi connectivity index (χ0v) is 11.2. The summed E-state index contributed by atoms with van der Waals surface area (Å²) in [6, 6.07) is 3.23. The standard InChI is InChI=1S/C12H13N3O3S/c1-7-14-9-4-11(18-8-2-3-13-6-8)10(15(16)17)5-12(9)19-7/h4-5,8,13H,2-3,6H2,1H3. The van der Waals surface area contributed by atoms with Crippen LogP contribution in [0.1, 0.15) is 11.4 Å². The zero-order valence-electron chi connectivity index (χ0n) is 10.4. The third kappa shape index (κ3) is 2.39. The minimum atomic E-state index is -0.397. The first kappa shape index (κ1) is 12.3. The molecule has 0 amide bonds. The molecule has 2 heterocycles. The summed E-state index contributed by atoms with van der Waals surface area (Å²) >= 11 is 1.45. The van der Waals surface area contributed by atoms with Gasteiger partial charge in [-0.05, 0) is 19.9 Å². The van der Waals surface area contributed by atoms with Crippen LogP contribution in [0.15, 0.2) is 12.1 Å². The van der Waals surface area contributed by atoms with E-state index >= 15 is 0 Å². The highest BCUT2D eigenvalue weighted by atomic mass is 32.1. The molecule has 6 nitrogen and oxygen atoms in total. The van der Waals surface area contributed by atoms with E-state index in [0.717, 1.165) is 34.7 Å². The monoisotopic (exact) mass is 279 g/mol. The van der Waals surface area contributed by atoms with E-state index in [2.05, 4.69) is 10.3 Å². The predicted octanol–water partition coefficient (Wildman–Crippen LogP) is 2.25. The number of aromatic nitrogens is 1. The molecule has 1 aliphatic rings. The number of nitro groups is 1. The van der Waals surface area contributed by atoms with Crippen LogP contribution < -0.4 is 10.1 Å². The van der Waals surface area contributed by atoms with Crippen molar-refractivity contribution in [1.29, 1.82) is 0 Å². The van der Waals surface area contributed by atoms with Gasteiger partial charge in [0.1, 0.15) is 6.10 Å². The Kier molecular flexibility index (Phi) is 3.08. The van der Waals surface area contributed by atoms with E-state index in [4.69, 9.17) is 4.74 Å². The van der Waals surface area contributed by atoms with Crippen molar-refractivity contribution in [2.24, 2.45) is 0 Å². The number of ether oxygens (including phenoxy) is 1. The second kappa shape index (κ2) is 4.75. The van der Waals surface area contributed by atoms with Gasteiger partial charge in [-0.15, -0.1) is 11.3 Å². The maximum Gasteiger partial charge on any atom is 0.312 e. The summed E-state index contributed by atoms with van der Waals surface area (Å²) < 4.78 is 6.57. The average Bonchev–Trinajstić information content (AvgIpc) is 2.95. The molecule has 100 valence electrons. The molecule has 0 saturated carbocycles. The molecule has 1 unspecified atom stereocenters. The third-order valence-electron chi connectivity index (χ3n) is 3.08. The number of hydrogen-bond donors (Lipinski definition) is 1. The van der Waals surface area contributed by atoms with Crippen LogP contribution >= 0.6 is 11.3 Å². The van der Waals surface area contributed by atoms with E-state index < -0.39 is 4.92 Å². The zero-order chi connectivity index (χ0) is 13.4. The smallest absolute Gasteiger partial charge is 0.312 e. The van der Waals surface area contributed by atoms with Crippen LogP contribution in [0.2, 0.25) is 0 Å². The number of rotatable bonds is 3. The van der Waals surface area contributed by atoms with Crippen LogP contribution in [0.3, 0.4) is 0 Å². The fourth-order valence-electron chi connectivity index (χ4n) is 2.20. The Bertz CT molecular complexity index is 634. The molecule has 2 aromatic rings. The number of nitrogens with zero attached hydrogens (tertiary/aromatic N) is 2. The van der Waals surface area contributed by atoms with Crippen molar-refractivity contribution >= 4 is 27.2 Å². The lowest BCUT2D eigenvalue weighted by molar-refractivity contribution is -0.385. The molecule has 1 aromatic carbocycles. The van der Waals surface area contributed by atoms with Gasteiger partial charge in [-0.1, -0.05) is 0 Å². The molecule has 1 aromatic heterocycles. The van der Waals surface area contributed by atoms with E-state index in [1.54, 1.807) is 12.1 Å². The summed E-state index contributed by atoms with van der Waals surface area (Å²) in [5.41, 5.74) is 0.775. The number of fused-ring (bicyclic) bond motifs is 1. The SMILES string of the molecule is Cc1nc2cc(OC3CCNC3)c([N+](=O)[O-])cc2s1. The molecule has 1 fully saturated rings. The van der Waals surface area contributed by atoms with Crippen LogP contribution in [0, 0.1) is 17.0 Å². The Labute approximate surface area is 113 Å². The molecule has 1 aliphatic heterocycles. The molecule has 0 radical (unpaired) electrons. The van der Waals surface area contributed by atoms with Crippen molar-refractivity contribution in [1.82, 2.24) is 10.3 Å². The van der Waals surface area contributed by atoms with Crippen LogP contribution in [0.5, 0.6) is 5.75 Å². The molecule has 1 N–H and O–H groups in total. The van der Waals surface area contributed by atoms with Gasteiger partial charge in [-0.25, -0.2) is 4.98 Å². The molecular weight excluding hydrogens is 266 g/mol.